The molecule has 0 spiro atoms. The Morgan fingerprint density at radius 3 is 2.06 bits per heavy atom. The minimum atomic E-state index is -1.40. The molecule has 1 aromatic heterocycles. The number of H-pyrrole nitrogens is 1. The number of benzene rings is 1. The number of hydrogen-bond acceptors (Lipinski definition) is 9. The van der Waals surface area contributed by atoms with Crippen molar-refractivity contribution in [2.24, 2.45) is 39.6 Å². The van der Waals surface area contributed by atoms with E-state index in [9.17, 15) is 33.9 Å². The number of aromatic nitrogens is 1. The first kappa shape index (κ1) is 41.9. The Kier molecular flexibility index (Phi) is 17.3. The molecular weight excluding hydrogens is 662 g/mol. The molecule has 51 heavy (non-hydrogen) atoms. The third-order valence-electron chi connectivity index (χ3n) is 8.17. The molecule has 0 radical (unpaired) electrons. The Labute approximate surface area is 296 Å². The predicted octanol–water partition coefficient (Wildman–Crippen LogP) is -1.83. The van der Waals surface area contributed by atoms with Crippen LogP contribution in [0.15, 0.2) is 35.5 Å². The highest BCUT2D eigenvalue weighted by atomic mass is 16.4. The smallest absolute Gasteiger partial charge is 0.303 e. The summed E-state index contributed by atoms with van der Waals surface area (Å²) in [6.45, 7) is 3.93. The van der Waals surface area contributed by atoms with Gasteiger partial charge in [0.15, 0.2) is 5.96 Å². The number of carboxylic acids is 1. The number of nitrogens with two attached hydrogens (primary N) is 5. The standard InChI is InChI=1S/C33H53N11O7/c1-18(2)27(32(51)43-25(28(36)47)16-19-17-40-22-10-4-3-8-20(19)22)44-31(50)24(12-13-26(45)46)42-30(49)23(11-5-6-14-34)41-29(48)21(35)9-7-15-39-33(37)38/h3-4,8,10,17-18,21,23-25,27,40H,5-7,9,11-16,34-35H2,1-2H3,(H2,36,47)(H,41,48)(H,42,49)(H,43,51)(H,44,50)(H,45,46)(H4,37,38,39)/t21-,23-,24-,25-,27-/m0/s1. The number of fused-ring (bicyclic) bond motifs is 1. The van der Waals surface area contributed by atoms with E-state index < -0.39 is 78.1 Å². The summed E-state index contributed by atoms with van der Waals surface area (Å²) in [6.07, 6.45) is 2.78. The van der Waals surface area contributed by atoms with Crippen LogP contribution in [0.1, 0.15) is 64.4 Å². The molecule has 18 nitrogen and oxygen atoms in total. The van der Waals surface area contributed by atoms with Crippen LogP contribution in [0.4, 0.5) is 0 Å². The molecule has 0 bridgehead atoms. The zero-order chi connectivity index (χ0) is 38.1. The first-order valence-electron chi connectivity index (χ1n) is 16.9. The van der Waals surface area contributed by atoms with Gasteiger partial charge in [-0.15, -0.1) is 0 Å². The maximum atomic E-state index is 13.6. The summed E-state index contributed by atoms with van der Waals surface area (Å²) < 4.78 is 0. The van der Waals surface area contributed by atoms with Gasteiger partial charge in [-0.05, 0) is 62.6 Å². The highest BCUT2D eigenvalue weighted by Crippen LogP contribution is 2.19. The normalized spacial score (nSPS) is 14.1. The van der Waals surface area contributed by atoms with Gasteiger partial charge in [0.05, 0.1) is 6.04 Å². The van der Waals surface area contributed by atoms with Crippen molar-refractivity contribution >= 4 is 52.4 Å². The van der Waals surface area contributed by atoms with Gasteiger partial charge in [-0.3, -0.25) is 33.8 Å². The number of guanidine groups is 1. The lowest BCUT2D eigenvalue weighted by molar-refractivity contribution is -0.138. The van der Waals surface area contributed by atoms with E-state index >= 15 is 0 Å². The molecule has 0 aliphatic heterocycles. The van der Waals surface area contributed by atoms with Crippen molar-refractivity contribution in [2.45, 2.75) is 95.4 Å². The number of aromatic amines is 1. The zero-order valence-electron chi connectivity index (χ0n) is 29.2. The molecule has 16 N–H and O–H groups in total. The summed E-state index contributed by atoms with van der Waals surface area (Å²) in [5.41, 5.74) is 29.5. The number of carbonyl (C=O) groups is 6. The second-order valence-corrected chi connectivity index (χ2v) is 12.7. The number of nitrogens with one attached hydrogen (secondary N) is 5. The van der Waals surface area contributed by atoms with Crippen molar-refractivity contribution in [2.75, 3.05) is 13.1 Å². The van der Waals surface area contributed by atoms with Crippen LogP contribution in [0.25, 0.3) is 10.9 Å². The highest BCUT2D eigenvalue weighted by molar-refractivity contribution is 5.96. The van der Waals surface area contributed by atoms with E-state index in [0.29, 0.717) is 25.8 Å². The molecule has 0 unspecified atom stereocenters. The molecule has 5 atom stereocenters. The van der Waals surface area contributed by atoms with Crippen molar-refractivity contribution in [3.05, 3.63) is 36.0 Å². The van der Waals surface area contributed by atoms with Gasteiger partial charge >= 0.3 is 5.97 Å². The third-order valence-corrected chi connectivity index (χ3v) is 8.17. The van der Waals surface area contributed by atoms with Crippen molar-refractivity contribution in [1.82, 2.24) is 26.3 Å². The maximum Gasteiger partial charge on any atom is 0.303 e. The van der Waals surface area contributed by atoms with Gasteiger partial charge in [0.25, 0.3) is 0 Å². The van der Waals surface area contributed by atoms with Crippen LogP contribution in [-0.2, 0) is 35.2 Å². The number of carbonyl (C=O) groups excluding carboxylic acids is 5. The predicted molar refractivity (Wildman–Crippen MR) is 191 cm³/mol. The summed E-state index contributed by atoms with van der Waals surface area (Å²) in [5.74, 6) is -5.51. The van der Waals surface area contributed by atoms with Gasteiger partial charge in [0, 0.05) is 36.5 Å². The van der Waals surface area contributed by atoms with Crippen LogP contribution in [0.3, 0.4) is 0 Å². The van der Waals surface area contributed by atoms with Gasteiger partial charge in [0.1, 0.15) is 24.2 Å². The fourth-order valence-electron chi connectivity index (χ4n) is 5.29. The van der Waals surface area contributed by atoms with E-state index in [0.717, 1.165) is 16.5 Å². The summed E-state index contributed by atoms with van der Waals surface area (Å²) in [4.78, 5) is 84.3. The molecule has 2 rings (SSSR count). The number of aliphatic imine (C=N–C) groups is 1. The lowest BCUT2D eigenvalue weighted by Crippen LogP contribution is -2.60. The molecule has 2 aromatic rings. The molecule has 0 fully saturated rings. The van der Waals surface area contributed by atoms with Crippen molar-refractivity contribution in [3.8, 4) is 0 Å². The Bertz CT molecular complexity index is 1520. The molecule has 0 saturated heterocycles. The fraction of sp³-hybridized carbons (Fsp3) is 0.545. The van der Waals surface area contributed by atoms with Crippen LogP contribution >= 0.6 is 0 Å². The molecule has 0 aliphatic carbocycles. The minimum absolute atomic E-state index is 0.0817. The molecular formula is C33H53N11O7. The lowest BCUT2D eigenvalue weighted by Gasteiger charge is -2.28. The molecule has 1 aromatic carbocycles. The number of carboxylic acid groups (broad SMARTS) is 1. The van der Waals surface area contributed by atoms with E-state index in [2.05, 4.69) is 31.2 Å². The zero-order valence-corrected chi connectivity index (χ0v) is 29.2. The second kappa shape index (κ2) is 21.1. The number of unbranched alkanes of at least 4 members (excludes halogenated alkanes) is 1. The summed E-state index contributed by atoms with van der Waals surface area (Å²) in [5, 5.41) is 20.6. The van der Waals surface area contributed by atoms with Crippen LogP contribution in [-0.4, -0.2) is 94.9 Å². The Balaban J connectivity index is 2.19. The molecule has 1 heterocycles. The van der Waals surface area contributed by atoms with Gasteiger partial charge < -0.3 is 60.0 Å². The quantitative estimate of drug-likeness (QED) is 0.0345. The summed E-state index contributed by atoms with van der Waals surface area (Å²) in [7, 11) is 0. The van der Waals surface area contributed by atoms with Gasteiger partial charge in [-0.1, -0.05) is 32.0 Å². The van der Waals surface area contributed by atoms with Crippen LogP contribution < -0.4 is 49.9 Å². The van der Waals surface area contributed by atoms with Crippen molar-refractivity contribution < 1.29 is 33.9 Å². The van der Waals surface area contributed by atoms with Crippen LogP contribution in [0, 0.1) is 5.92 Å². The van der Waals surface area contributed by atoms with Crippen molar-refractivity contribution in [1.29, 1.82) is 0 Å². The molecule has 0 saturated carbocycles. The minimum Gasteiger partial charge on any atom is -0.481 e. The Hall–Kier alpha value is -5.23. The number of amides is 5. The van der Waals surface area contributed by atoms with E-state index in [1.54, 1.807) is 20.0 Å². The van der Waals surface area contributed by atoms with Crippen LogP contribution in [0.5, 0.6) is 0 Å². The first-order chi connectivity index (χ1) is 24.1. The number of nitrogens with zero attached hydrogens (tertiary/aromatic N) is 1. The molecule has 18 heteroatoms. The topological polar surface area (TPSA) is 329 Å². The van der Waals surface area contributed by atoms with E-state index in [1.807, 2.05) is 24.3 Å². The average molecular weight is 716 g/mol. The first-order valence-corrected chi connectivity index (χ1v) is 16.9. The SMILES string of the molecule is CC(C)[C@H](NC(=O)[C@H](CCC(=O)O)NC(=O)[C@H](CCCCN)NC(=O)[C@@H](N)CCCN=C(N)N)C(=O)N[C@@H](Cc1c[nH]c2ccccc12)C(N)=O. The van der Waals surface area contributed by atoms with Crippen molar-refractivity contribution in [3.63, 3.8) is 0 Å². The number of primary amides is 1. The monoisotopic (exact) mass is 715 g/mol. The molecule has 5 amide bonds. The highest BCUT2D eigenvalue weighted by Gasteiger charge is 2.33. The van der Waals surface area contributed by atoms with Crippen LogP contribution in [0.2, 0.25) is 0 Å². The van der Waals surface area contributed by atoms with Gasteiger partial charge in [0.2, 0.25) is 29.5 Å². The van der Waals surface area contributed by atoms with E-state index in [4.69, 9.17) is 28.7 Å². The largest absolute Gasteiger partial charge is 0.481 e. The molecule has 282 valence electrons. The number of para-hydroxylation sites is 1. The molecule has 0 aliphatic rings. The fourth-order valence-corrected chi connectivity index (χ4v) is 5.29. The Morgan fingerprint density at radius 2 is 1.43 bits per heavy atom. The second-order valence-electron chi connectivity index (χ2n) is 12.7. The third kappa shape index (κ3) is 14.3. The average Bonchev–Trinajstić information content (AvgIpc) is 3.48. The number of hydrogen-bond donors (Lipinski definition) is 11. The number of rotatable bonds is 23. The lowest BCUT2D eigenvalue weighted by atomic mass is 10.00. The van der Waals surface area contributed by atoms with Gasteiger partial charge in [-0.2, -0.15) is 0 Å². The van der Waals surface area contributed by atoms with Gasteiger partial charge in [-0.25, -0.2) is 0 Å². The number of aliphatic carboxylic acids is 1. The van der Waals surface area contributed by atoms with E-state index in [-0.39, 0.29) is 38.2 Å². The maximum absolute atomic E-state index is 13.6. The summed E-state index contributed by atoms with van der Waals surface area (Å²) >= 11 is 0. The summed E-state index contributed by atoms with van der Waals surface area (Å²) in [6, 6.07) is 1.60. The Morgan fingerprint density at radius 1 is 0.804 bits per heavy atom. The van der Waals surface area contributed by atoms with E-state index in [1.165, 1.54) is 0 Å².